The van der Waals surface area contributed by atoms with E-state index in [0.29, 0.717) is 39.6 Å². The van der Waals surface area contributed by atoms with Crippen molar-refractivity contribution in [3.05, 3.63) is 81.8 Å². The van der Waals surface area contributed by atoms with Gasteiger partial charge in [-0.3, -0.25) is 9.10 Å². The zero-order valence-electron chi connectivity index (χ0n) is 17.1. The smallest absolute Gasteiger partial charge is 0.265 e. The molecule has 0 bridgehead atoms. The number of benzene rings is 3. The third-order valence-corrected chi connectivity index (χ3v) is 7.80. The van der Waals surface area contributed by atoms with Crippen LogP contribution in [0.4, 0.5) is 11.4 Å². The lowest BCUT2D eigenvalue weighted by Gasteiger charge is -2.20. The number of hydrogen-bond donors (Lipinski definition) is 1. The number of anilines is 2. The lowest BCUT2D eigenvalue weighted by atomic mass is 10.2. The minimum absolute atomic E-state index is 0.168. The maximum atomic E-state index is 13.1. The third kappa shape index (κ3) is 4.62. The second kappa shape index (κ2) is 9.13. The van der Waals surface area contributed by atoms with Crippen molar-refractivity contribution in [2.45, 2.75) is 24.3 Å². The number of nitrogens with one attached hydrogen (secondary N) is 1. The van der Waals surface area contributed by atoms with Crippen molar-refractivity contribution in [1.29, 1.82) is 0 Å². The quantitative estimate of drug-likeness (QED) is 0.467. The van der Waals surface area contributed by atoms with Gasteiger partial charge in [-0.1, -0.05) is 29.8 Å². The van der Waals surface area contributed by atoms with E-state index in [-0.39, 0.29) is 10.8 Å². The summed E-state index contributed by atoms with van der Waals surface area (Å²) in [5.74, 6) is 0.125. The van der Waals surface area contributed by atoms with Crippen LogP contribution in [0, 0.1) is 0 Å². The molecular formula is C23H20BrClN2O4S. The topological polar surface area (TPSA) is 75.7 Å². The van der Waals surface area contributed by atoms with Crippen LogP contribution in [0.5, 0.6) is 5.75 Å². The van der Waals surface area contributed by atoms with Crippen molar-refractivity contribution in [3.8, 4) is 5.75 Å². The molecule has 0 aliphatic carbocycles. The predicted octanol–water partition coefficient (Wildman–Crippen LogP) is 5.26. The highest BCUT2D eigenvalue weighted by molar-refractivity contribution is 9.10. The Kier molecular flexibility index (Phi) is 6.46. The standard InChI is InChI=1S/C23H20BrClN2O4S/c1-15(31-22-11-6-17(25)14-20(22)24)23(28)26-18-7-9-19(10-8-18)32(29,30)27-13-12-16-4-2-3-5-21(16)27/h2-11,14-15H,12-13H2,1H3,(H,26,28). The first kappa shape index (κ1) is 22.6. The summed E-state index contributed by atoms with van der Waals surface area (Å²) in [6.45, 7) is 2.04. The van der Waals surface area contributed by atoms with E-state index in [1.165, 1.54) is 16.4 Å². The van der Waals surface area contributed by atoms with Gasteiger partial charge in [0.15, 0.2) is 6.10 Å². The minimum atomic E-state index is -3.68. The minimum Gasteiger partial charge on any atom is -0.480 e. The van der Waals surface area contributed by atoms with Gasteiger partial charge in [0.2, 0.25) is 0 Å². The Labute approximate surface area is 200 Å². The number of hydrogen-bond acceptors (Lipinski definition) is 4. The maximum absolute atomic E-state index is 13.1. The SMILES string of the molecule is CC(Oc1ccc(Cl)cc1Br)C(=O)Nc1ccc(S(=O)(=O)N2CCc3ccccc32)cc1. The molecule has 1 N–H and O–H groups in total. The van der Waals surface area contributed by atoms with Gasteiger partial charge in [0.05, 0.1) is 15.1 Å². The summed E-state index contributed by atoms with van der Waals surface area (Å²) < 4.78 is 34.0. The molecule has 32 heavy (non-hydrogen) atoms. The van der Waals surface area contributed by atoms with E-state index >= 15 is 0 Å². The first-order chi connectivity index (χ1) is 15.3. The normalized spacial score (nSPS) is 14.0. The lowest BCUT2D eigenvalue weighted by Crippen LogP contribution is -2.30. The summed E-state index contributed by atoms with van der Waals surface area (Å²) in [6.07, 6.45) is -0.0949. The van der Waals surface area contributed by atoms with Gasteiger partial charge in [0, 0.05) is 17.3 Å². The first-order valence-corrected chi connectivity index (χ1v) is 12.5. The number of carbonyl (C=O) groups excluding carboxylic acids is 1. The number of fused-ring (bicyclic) bond motifs is 1. The fourth-order valence-electron chi connectivity index (χ4n) is 3.45. The molecule has 1 unspecified atom stereocenters. The molecule has 0 aromatic heterocycles. The van der Waals surface area contributed by atoms with Gasteiger partial charge < -0.3 is 10.1 Å². The molecule has 3 aromatic carbocycles. The number of carbonyl (C=O) groups is 1. The van der Waals surface area contributed by atoms with Crippen molar-refractivity contribution in [2.75, 3.05) is 16.2 Å². The van der Waals surface area contributed by atoms with Gasteiger partial charge in [0.1, 0.15) is 5.75 Å². The lowest BCUT2D eigenvalue weighted by molar-refractivity contribution is -0.122. The van der Waals surface area contributed by atoms with Crippen molar-refractivity contribution in [2.24, 2.45) is 0 Å². The molecule has 0 fully saturated rings. The molecule has 1 amide bonds. The Morgan fingerprint density at radius 1 is 1.12 bits per heavy atom. The largest absolute Gasteiger partial charge is 0.480 e. The van der Waals surface area contributed by atoms with Crippen molar-refractivity contribution >= 4 is 54.8 Å². The summed E-state index contributed by atoms with van der Waals surface area (Å²) >= 11 is 9.28. The van der Waals surface area contributed by atoms with E-state index in [1.807, 2.05) is 24.3 Å². The molecule has 1 aliphatic heterocycles. The fourth-order valence-corrected chi connectivity index (χ4v) is 5.73. The second-order valence-electron chi connectivity index (χ2n) is 7.30. The molecule has 0 radical (unpaired) electrons. The van der Waals surface area contributed by atoms with Gasteiger partial charge in [-0.05, 0) is 83.4 Å². The molecule has 0 saturated carbocycles. The van der Waals surface area contributed by atoms with E-state index in [9.17, 15) is 13.2 Å². The van der Waals surface area contributed by atoms with Crippen LogP contribution in [-0.4, -0.2) is 27.0 Å². The maximum Gasteiger partial charge on any atom is 0.265 e. The summed E-state index contributed by atoms with van der Waals surface area (Å²) in [4.78, 5) is 12.7. The van der Waals surface area contributed by atoms with E-state index in [4.69, 9.17) is 16.3 Å². The Morgan fingerprint density at radius 3 is 2.56 bits per heavy atom. The van der Waals surface area contributed by atoms with E-state index in [2.05, 4.69) is 21.2 Å². The summed E-state index contributed by atoms with van der Waals surface area (Å²) in [6, 6.07) is 18.6. The van der Waals surface area contributed by atoms with Gasteiger partial charge in [-0.2, -0.15) is 0 Å². The molecule has 9 heteroatoms. The molecular weight excluding hydrogens is 516 g/mol. The predicted molar refractivity (Wildman–Crippen MR) is 129 cm³/mol. The van der Waals surface area contributed by atoms with Crippen LogP contribution in [0.25, 0.3) is 0 Å². The number of para-hydroxylation sites is 1. The molecule has 0 spiro atoms. The van der Waals surface area contributed by atoms with E-state index in [1.54, 1.807) is 37.3 Å². The zero-order valence-corrected chi connectivity index (χ0v) is 20.2. The van der Waals surface area contributed by atoms with Crippen molar-refractivity contribution < 1.29 is 17.9 Å². The van der Waals surface area contributed by atoms with Crippen LogP contribution in [-0.2, 0) is 21.2 Å². The Bertz CT molecular complexity index is 1270. The molecule has 1 heterocycles. The van der Waals surface area contributed by atoms with Crippen LogP contribution in [0.15, 0.2) is 76.1 Å². The van der Waals surface area contributed by atoms with Gasteiger partial charge in [-0.15, -0.1) is 0 Å². The first-order valence-electron chi connectivity index (χ1n) is 9.89. The number of rotatable bonds is 6. The van der Waals surface area contributed by atoms with E-state index in [0.717, 1.165) is 5.56 Å². The van der Waals surface area contributed by atoms with Crippen LogP contribution < -0.4 is 14.4 Å². The van der Waals surface area contributed by atoms with Crippen molar-refractivity contribution in [1.82, 2.24) is 0 Å². The number of amides is 1. The highest BCUT2D eigenvalue weighted by Crippen LogP contribution is 2.33. The Balaban J connectivity index is 1.44. The van der Waals surface area contributed by atoms with Crippen LogP contribution in [0.1, 0.15) is 12.5 Å². The Morgan fingerprint density at radius 2 is 1.84 bits per heavy atom. The molecule has 1 aliphatic rings. The molecule has 166 valence electrons. The van der Waals surface area contributed by atoms with Crippen LogP contribution >= 0.6 is 27.5 Å². The zero-order chi connectivity index (χ0) is 22.9. The van der Waals surface area contributed by atoms with Crippen molar-refractivity contribution in [3.63, 3.8) is 0 Å². The van der Waals surface area contributed by atoms with Gasteiger partial charge >= 0.3 is 0 Å². The van der Waals surface area contributed by atoms with Gasteiger partial charge in [-0.25, -0.2) is 8.42 Å². The number of sulfonamides is 1. The molecule has 1 atom stereocenters. The molecule has 6 nitrogen and oxygen atoms in total. The second-order valence-corrected chi connectivity index (χ2v) is 10.5. The summed E-state index contributed by atoms with van der Waals surface area (Å²) in [5.41, 5.74) is 2.20. The summed E-state index contributed by atoms with van der Waals surface area (Å²) in [7, 11) is -3.68. The highest BCUT2D eigenvalue weighted by atomic mass is 79.9. The van der Waals surface area contributed by atoms with Crippen LogP contribution in [0.3, 0.4) is 0 Å². The van der Waals surface area contributed by atoms with Gasteiger partial charge in [0.25, 0.3) is 15.9 Å². The van der Waals surface area contributed by atoms with Crippen LogP contribution in [0.2, 0.25) is 5.02 Å². The number of nitrogens with zero attached hydrogens (tertiary/aromatic N) is 1. The van der Waals surface area contributed by atoms with E-state index < -0.39 is 16.1 Å². The fraction of sp³-hybridized carbons (Fsp3) is 0.174. The molecule has 0 saturated heterocycles. The average molecular weight is 536 g/mol. The average Bonchev–Trinajstić information content (AvgIpc) is 3.21. The number of halogens is 2. The monoisotopic (exact) mass is 534 g/mol. The number of ether oxygens (including phenoxy) is 1. The summed E-state index contributed by atoms with van der Waals surface area (Å²) in [5, 5.41) is 3.29. The highest BCUT2D eigenvalue weighted by Gasteiger charge is 2.30. The molecule has 3 aromatic rings. The third-order valence-electron chi connectivity index (χ3n) is 5.12. The Hall–Kier alpha value is -2.55. The molecule has 4 rings (SSSR count).